The molecule has 1 saturated heterocycles. The lowest BCUT2D eigenvalue weighted by molar-refractivity contribution is -0.134. The van der Waals surface area contributed by atoms with Crippen LogP contribution < -0.4 is 9.46 Å². The first kappa shape index (κ1) is 27.9. The van der Waals surface area contributed by atoms with E-state index in [1.807, 2.05) is 36.4 Å². The number of carbonyl (C=O) groups excluding carboxylic acids is 1. The molecular formula is C29H27F2N3O4S2. The van der Waals surface area contributed by atoms with Gasteiger partial charge in [-0.15, -0.1) is 11.3 Å². The maximum atomic E-state index is 13.6. The van der Waals surface area contributed by atoms with E-state index >= 15 is 0 Å². The summed E-state index contributed by atoms with van der Waals surface area (Å²) >= 11 is 1.09. The van der Waals surface area contributed by atoms with Crippen molar-refractivity contribution in [2.24, 2.45) is 0 Å². The molecule has 1 aliphatic rings. The Morgan fingerprint density at radius 3 is 2.45 bits per heavy atom. The zero-order valence-corrected chi connectivity index (χ0v) is 23.0. The molecule has 1 amide bonds. The number of piperidine rings is 1. The number of hydrogen-bond donors (Lipinski definition) is 1. The highest BCUT2D eigenvalue weighted by Gasteiger charge is 2.33. The van der Waals surface area contributed by atoms with E-state index in [0.29, 0.717) is 36.5 Å². The molecule has 3 heterocycles. The molecule has 0 spiro atoms. The van der Waals surface area contributed by atoms with Crippen LogP contribution in [0.1, 0.15) is 18.4 Å². The second-order valence-corrected chi connectivity index (χ2v) is 12.4. The Bertz CT molecular complexity index is 1560. The van der Waals surface area contributed by atoms with Crippen LogP contribution in [0.2, 0.25) is 0 Å². The molecule has 40 heavy (non-hydrogen) atoms. The summed E-state index contributed by atoms with van der Waals surface area (Å²) in [5.41, 5.74) is 1.49. The Morgan fingerprint density at radius 2 is 1.75 bits per heavy atom. The molecule has 0 aliphatic carbocycles. The van der Waals surface area contributed by atoms with Gasteiger partial charge in [-0.05, 0) is 48.4 Å². The first-order valence-corrected chi connectivity index (χ1v) is 15.1. The van der Waals surface area contributed by atoms with E-state index in [0.717, 1.165) is 29.0 Å². The summed E-state index contributed by atoms with van der Waals surface area (Å²) in [6.07, 6.45) is 2.47. The highest BCUT2D eigenvalue weighted by molar-refractivity contribution is 7.91. The lowest BCUT2D eigenvalue weighted by atomic mass is 10.0. The van der Waals surface area contributed by atoms with Crippen LogP contribution in [0, 0.1) is 11.6 Å². The number of nitrogens with one attached hydrogen (secondary N) is 1. The van der Waals surface area contributed by atoms with Crippen LogP contribution in [0.5, 0.6) is 5.75 Å². The Kier molecular flexibility index (Phi) is 8.53. The van der Waals surface area contributed by atoms with E-state index in [9.17, 15) is 22.0 Å². The molecule has 0 saturated carbocycles. The van der Waals surface area contributed by atoms with Gasteiger partial charge in [0.25, 0.3) is 10.0 Å². The van der Waals surface area contributed by atoms with Crippen LogP contribution in [-0.2, 0) is 21.2 Å². The van der Waals surface area contributed by atoms with E-state index in [1.54, 1.807) is 29.3 Å². The van der Waals surface area contributed by atoms with E-state index in [2.05, 4.69) is 9.71 Å². The number of pyridine rings is 1. The number of amides is 1. The summed E-state index contributed by atoms with van der Waals surface area (Å²) < 4.78 is 62.1. The van der Waals surface area contributed by atoms with Crippen molar-refractivity contribution in [2.45, 2.75) is 35.6 Å². The van der Waals surface area contributed by atoms with Gasteiger partial charge in [-0.3, -0.25) is 9.78 Å². The zero-order chi connectivity index (χ0) is 28.1. The first-order valence-electron chi connectivity index (χ1n) is 12.8. The number of halogens is 2. The van der Waals surface area contributed by atoms with E-state index in [4.69, 9.17) is 4.74 Å². The van der Waals surface area contributed by atoms with Gasteiger partial charge in [0.15, 0.2) is 11.6 Å². The standard InChI is InChI=1S/C29H27F2N3O4S2/c30-23-10-9-22(19-24(23)31)38-21-13-16-34(17-14-21)29(35)26(18-20-6-2-1-3-7-20)33-40(36,37)28-12-11-27(39-28)25-8-4-5-15-32-25/h1-12,15,19,21,26,33H,13-14,16-18H2. The minimum atomic E-state index is -4.01. The maximum absolute atomic E-state index is 13.6. The van der Waals surface area contributed by atoms with Crippen LogP contribution in [0.25, 0.3) is 10.6 Å². The largest absolute Gasteiger partial charge is 0.490 e. The maximum Gasteiger partial charge on any atom is 0.250 e. The van der Waals surface area contributed by atoms with E-state index in [-0.39, 0.29) is 28.4 Å². The molecule has 1 aliphatic heterocycles. The van der Waals surface area contributed by atoms with Crippen molar-refractivity contribution >= 4 is 27.3 Å². The molecule has 4 aromatic rings. The van der Waals surface area contributed by atoms with Gasteiger partial charge >= 0.3 is 0 Å². The van der Waals surface area contributed by atoms with Crippen LogP contribution in [0.3, 0.4) is 0 Å². The number of sulfonamides is 1. The summed E-state index contributed by atoms with van der Waals surface area (Å²) in [6.45, 7) is 0.673. The van der Waals surface area contributed by atoms with Crippen molar-refractivity contribution in [3.63, 3.8) is 0 Å². The molecule has 5 rings (SSSR count). The highest BCUT2D eigenvalue weighted by Crippen LogP contribution is 2.30. The molecule has 2 aromatic carbocycles. The number of likely N-dealkylation sites (tertiary alicyclic amines) is 1. The molecule has 208 valence electrons. The van der Waals surface area contributed by atoms with Crippen LogP contribution in [0.15, 0.2) is 89.3 Å². The fraction of sp³-hybridized carbons (Fsp3) is 0.241. The first-order chi connectivity index (χ1) is 19.3. The lowest BCUT2D eigenvalue weighted by Crippen LogP contribution is -2.52. The number of ether oxygens (including phenoxy) is 1. The van der Waals surface area contributed by atoms with Crippen molar-refractivity contribution in [1.29, 1.82) is 0 Å². The average Bonchev–Trinajstić information content (AvgIpc) is 3.48. The third-order valence-electron chi connectivity index (χ3n) is 6.59. The molecule has 1 N–H and O–H groups in total. The smallest absolute Gasteiger partial charge is 0.250 e. The highest BCUT2D eigenvalue weighted by atomic mass is 32.2. The molecule has 1 unspecified atom stereocenters. The fourth-order valence-corrected chi connectivity index (χ4v) is 7.03. The predicted octanol–water partition coefficient (Wildman–Crippen LogP) is 5.05. The monoisotopic (exact) mass is 583 g/mol. The zero-order valence-electron chi connectivity index (χ0n) is 21.4. The molecular weight excluding hydrogens is 556 g/mol. The van der Waals surface area contributed by atoms with Gasteiger partial charge in [-0.25, -0.2) is 17.2 Å². The van der Waals surface area contributed by atoms with Crippen molar-refractivity contribution in [3.05, 3.63) is 102 Å². The minimum absolute atomic E-state index is 0.0950. The summed E-state index contributed by atoms with van der Waals surface area (Å²) in [6, 6.07) is 20.2. The number of hydrogen-bond acceptors (Lipinski definition) is 6. The quantitative estimate of drug-likeness (QED) is 0.298. The van der Waals surface area contributed by atoms with Crippen molar-refractivity contribution in [3.8, 4) is 16.3 Å². The Morgan fingerprint density at radius 1 is 1.00 bits per heavy atom. The molecule has 2 aromatic heterocycles. The molecule has 0 radical (unpaired) electrons. The van der Waals surface area contributed by atoms with Gasteiger partial charge in [-0.2, -0.15) is 4.72 Å². The van der Waals surface area contributed by atoms with Crippen LogP contribution in [0.4, 0.5) is 8.78 Å². The second-order valence-electron chi connectivity index (χ2n) is 9.42. The minimum Gasteiger partial charge on any atom is -0.490 e. The number of aromatic nitrogens is 1. The number of thiophene rings is 1. The SMILES string of the molecule is O=C(C(Cc1ccccc1)NS(=O)(=O)c1ccc(-c2ccccn2)s1)N1CCC(Oc2ccc(F)c(F)c2)CC1. The van der Waals surface area contributed by atoms with Gasteiger partial charge < -0.3 is 9.64 Å². The molecule has 1 fully saturated rings. The van der Waals surface area contributed by atoms with Gasteiger partial charge in [0.2, 0.25) is 5.91 Å². The third kappa shape index (κ3) is 6.72. The van der Waals surface area contributed by atoms with Gasteiger partial charge in [0.1, 0.15) is 22.1 Å². The normalized spacial score (nSPS) is 15.1. The Labute approximate surface area is 235 Å². The number of nitrogens with zero attached hydrogens (tertiary/aromatic N) is 2. The van der Waals surface area contributed by atoms with Crippen molar-refractivity contribution in [1.82, 2.24) is 14.6 Å². The van der Waals surface area contributed by atoms with Crippen LogP contribution >= 0.6 is 11.3 Å². The van der Waals surface area contributed by atoms with Crippen molar-refractivity contribution < 1.29 is 26.7 Å². The molecule has 0 bridgehead atoms. The number of benzene rings is 2. The van der Waals surface area contributed by atoms with Gasteiger partial charge in [-0.1, -0.05) is 36.4 Å². The van der Waals surface area contributed by atoms with Gasteiger partial charge in [0.05, 0.1) is 10.6 Å². The molecule has 7 nitrogen and oxygen atoms in total. The summed E-state index contributed by atoms with van der Waals surface area (Å²) in [7, 11) is -4.01. The number of rotatable bonds is 9. The second kappa shape index (κ2) is 12.2. The van der Waals surface area contributed by atoms with Crippen molar-refractivity contribution in [2.75, 3.05) is 13.1 Å². The van der Waals surface area contributed by atoms with E-state index < -0.39 is 27.7 Å². The summed E-state index contributed by atoms with van der Waals surface area (Å²) in [5.74, 6) is -2.05. The topological polar surface area (TPSA) is 88.6 Å². The predicted molar refractivity (Wildman–Crippen MR) is 148 cm³/mol. The lowest BCUT2D eigenvalue weighted by Gasteiger charge is -2.34. The number of carbonyl (C=O) groups is 1. The van der Waals surface area contributed by atoms with E-state index in [1.165, 1.54) is 12.1 Å². The van der Waals surface area contributed by atoms with Crippen LogP contribution in [-0.4, -0.2) is 49.4 Å². The Hall–Kier alpha value is -3.67. The third-order valence-corrected chi connectivity index (χ3v) is 9.66. The summed E-state index contributed by atoms with van der Waals surface area (Å²) in [5, 5.41) is 0. The van der Waals surface area contributed by atoms with Gasteiger partial charge in [0, 0.05) is 38.2 Å². The average molecular weight is 584 g/mol. The molecule has 11 heteroatoms. The molecule has 1 atom stereocenters. The fourth-order valence-electron chi connectivity index (χ4n) is 4.54. The Balaban J connectivity index is 1.29. The summed E-state index contributed by atoms with van der Waals surface area (Å²) in [4.78, 5) is 20.2.